The predicted molar refractivity (Wildman–Crippen MR) is 83.2 cm³/mol. The lowest BCUT2D eigenvalue weighted by Gasteiger charge is -2.21. The molecule has 0 aromatic heterocycles. The van der Waals surface area contributed by atoms with E-state index in [0.717, 1.165) is 8.95 Å². The summed E-state index contributed by atoms with van der Waals surface area (Å²) in [5, 5.41) is 12.1. The highest BCUT2D eigenvalue weighted by Gasteiger charge is 2.19. The molecule has 0 radical (unpaired) electrons. The Morgan fingerprint density at radius 1 is 1.50 bits per heavy atom. The van der Waals surface area contributed by atoms with Crippen LogP contribution in [0, 0.1) is 0 Å². The number of aliphatic hydroxyl groups is 1. The topological polar surface area (TPSA) is 49.3 Å². The number of rotatable bonds is 5. The number of halogens is 2. The first-order valence-electron chi connectivity index (χ1n) is 5.39. The second-order valence-corrected chi connectivity index (χ2v) is 6.69. The molecular formula is C12H15Br2NO2S. The number of carbonyl (C=O) groups is 1. The summed E-state index contributed by atoms with van der Waals surface area (Å²) >= 11 is 8.25. The van der Waals surface area contributed by atoms with Gasteiger partial charge in [-0.25, -0.2) is 0 Å². The van der Waals surface area contributed by atoms with Gasteiger partial charge in [-0.15, -0.1) is 0 Å². The average Bonchev–Trinajstić information content (AvgIpc) is 2.30. The van der Waals surface area contributed by atoms with Gasteiger partial charge >= 0.3 is 0 Å². The van der Waals surface area contributed by atoms with Crippen LogP contribution in [0.3, 0.4) is 0 Å². The van der Waals surface area contributed by atoms with Gasteiger partial charge in [0.1, 0.15) is 0 Å². The number of benzene rings is 1. The summed E-state index contributed by atoms with van der Waals surface area (Å²) in [7, 11) is 0. The molecule has 0 saturated carbocycles. The zero-order valence-electron chi connectivity index (χ0n) is 10.1. The monoisotopic (exact) mass is 395 g/mol. The highest BCUT2D eigenvalue weighted by Crippen LogP contribution is 2.22. The smallest absolute Gasteiger partial charge is 0.252 e. The number of amides is 1. The molecule has 0 fully saturated rings. The minimum Gasteiger partial charge on any atom is -0.395 e. The molecule has 2 unspecified atom stereocenters. The summed E-state index contributed by atoms with van der Waals surface area (Å²) in [6.07, 6.45) is 1.92. The van der Waals surface area contributed by atoms with Crippen molar-refractivity contribution in [1.82, 2.24) is 5.32 Å². The SMILES string of the molecule is CSC(CO)C(C)NC(=O)c1ccc(Br)cc1Br. The van der Waals surface area contributed by atoms with E-state index >= 15 is 0 Å². The number of thioether (sulfide) groups is 1. The standard InChI is InChI=1S/C12H15Br2NO2S/c1-7(11(6-16)18-2)15-12(17)9-4-3-8(13)5-10(9)14/h3-5,7,11,16H,6H2,1-2H3,(H,15,17). The first-order valence-corrected chi connectivity index (χ1v) is 8.26. The molecule has 1 amide bonds. The van der Waals surface area contributed by atoms with E-state index in [1.165, 1.54) is 11.8 Å². The van der Waals surface area contributed by atoms with Crippen molar-refractivity contribution in [3.05, 3.63) is 32.7 Å². The Hall–Kier alpha value is -0.0400. The van der Waals surface area contributed by atoms with Gasteiger partial charge in [0.05, 0.1) is 12.2 Å². The molecule has 18 heavy (non-hydrogen) atoms. The summed E-state index contributed by atoms with van der Waals surface area (Å²) in [5.41, 5.74) is 0.586. The van der Waals surface area contributed by atoms with Gasteiger partial charge in [-0.1, -0.05) is 15.9 Å². The molecule has 6 heteroatoms. The molecule has 3 nitrogen and oxygen atoms in total. The highest BCUT2D eigenvalue weighted by atomic mass is 79.9. The Labute approximate surface area is 128 Å². The number of hydrogen-bond acceptors (Lipinski definition) is 3. The molecule has 0 saturated heterocycles. The maximum Gasteiger partial charge on any atom is 0.252 e. The minimum atomic E-state index is -0.144. The second kappa shape index (κ2) is 7.53. The normalized spacial score (nSPS) is 14.1. The number of hydrogen-bond donors (Lipinski definition) is 2. The van der Waals surface area contributed by atoms with Crippen LogP contribution in [0.2, 0.25) is 0 Å². The average molecular weight is 397 g/mol. The number of aliphatic hydroxyl groups excluding tert-OH is 1. The Balaban J connectivity index is 2.76. The van der Waals surface area contributed by atoms with Crippen molar-refractivity contribution in [2.75, 3.05) is 12.9 Å². The summed E-state index contributed by atoms with van der Waals surface area (Å²) < 4.78 is 1.66. The fraction of sp³-hybridized carbons (Fsp3) is 0.417. The fourth-order valence-electron chi connectivity index (χ4n) is 1.49. The maximum absolute atomic E-state index is 12.1. The Kier molecular flexibility index (Phi) is 6.70. The first-order chi connectivity index (χ1) is 8.49. The first kappa shape index (κ1) is 16.0. The van der Waals surface area contributed by atoms with Crippen molar-refractivity contribution in [3.63, 3.8) is 0 Å². The lowest BCUT2D eigenvalue weighted by Crippen LogP contribution is -2.41. The Morgan fingerprint density at radius 3 is 2.67 bits per heavy atom. The van der Waals surface area contributed by atoms with Gasteiger partial charge in [-0.05, 0) is 47.3 Å². The number of nitrogens with one attached hydrogen (secondary N) is 1. The van der Waals surface area contributed by atoms with Crippen LogP contribution >= 0.6 is 43.6 Å². The van der Waals surface area contributed by atoms with E-state index in [4.69, 9.17) is 0 Å². The minimum absolute atomic E-state index is 0.00294. The molecule has 0 aliphatic rings. The van der Waals surface area contributed by atoms with Gasteiger partial charge in [0.15, 0.2) is 0 Å². The molecule has 1 aromatic carbocycles. The van der Waals surface area contributed by atoms with Crippen molar-refractivity contribution < 1.29 is 9.90 Å². The van der Waals surface area contributed by atoms with Crippen molar-refractivity contribution in [2.24, 2.45) is 0 Å². The van der Waals surface area contributed by atoms with Crippen molar-refractivity contribution in [1.29, 1.82) is 0 Å². The van der Waals surface area contributed by atoms with Crippen LogP contribution in [-0.4, -0.2) is 35.2 Å². The van der Waals surface area contributed by atoms with Crippen molar-refractivity contribution in [3.8, 4) is 0 Å². The Morgan fingerprint density at radius 2 is 2.17 bits per heavy atom. The van der Waals surface area contributed by atoms with E-state index in [-0.39, 0.29) is 23.8 Å². The third-order valence-electron chi connectivity index (χ3n) is 2.57. The van der Waals surface area contributed by atoms with Gasteiger partial charge in [0.25, 0.3) is 5.91 Å². The number of carbonyl (C=O) groups excluding carboxylic acids is 1. The Bertz CT molecular complexity index is 425. The molecule has 2 N–H and O–H groups in total. The van der Waals surface area contributed by atoms with Crippen LogP contribution in [0.1, 0.15) is 17.3 Å². The summed E-state index contributed by atoms with van der Waals surface area (Å²) in [5.74, 6) is -0.144. The van der Waals surface area contributed by atoms with Crippen molar-refractivity contribution in [2.45, 2.75) is 18.2 Å². The van der Waals surface area contributed by atoms with Crippen LogP contribution in [-0.2, 0) is 0 Å². The van der Waals surface area contributed by atoms with E-state index < -0.39 is 0 Å². The molecule has 0 spiro atoms. The largest absolute Gasteiger partial charge is 0.395 e. The summed E-state index contributed by atoms with van der Waals surface area (Å²) in [4.78, 5) is 12.1. The van der Waals surface area contributed by atoms with E-state index in [0.29, 0.717) is 5.56 Å². The molecule has 0 aliphatic heterocycles. The second-order valence-electron chi connectivity index (χ2n) is 3.84. The van der Waals surface area contributed by atoms with Crippen LogP contribution < -0.4 is 5.32 Å². The third kappa shape index (κ3) is 4.26. The van der Waals surface area contributed by atoms with E-state index in [2.05, 4.69) is 37.2 Å². The maximum atomic E-state index is 12.1. The van der Waals surface area contributed by atoms with Gasteiger partial charge in [0.2, 0.25) is 0 Å². The van der Waals surface area contributed by atoms with Gasteiger partial charge in [-0.3, -0.25) is 4.79 Å². The van der Waals surface area contributed by atoms with Crippen molar-refractivity contribution >= 4 is 49.5 Å². The third-order valence-corrected chi connectivity index (χ3v) is 4.89. The van der Waals surface area contributed by atoms with E-state index in [1.54, 1.807) is 6.07 Å². The van der Waals surface area contributed by atoms with Crippen LogP contribution in [0.4, 0.5) is 0 Å². The fourth-order valence-corrected chi connectivity index (χ4v) is 3.34. The van der Waals surface area contributed by atoms with Gasteiger partial charge in [0, 0.05) is 20.2 Å². The van der Waals surface area contributed by atoms with Gasteiger partial charge in [-0.2, -0.15) is 11.8 Å². The molecule has 100 valence electrons. The van der Waals surface area contributed by atoms with Gasteiger partial charge < -0.3 is 10.4 Å². The molecule has 0 bridgehead atoms. The molecule has 1 aromatic rings. The molecule has 0 aliphatic carbocycles. The van der Waals surface area contributed by atoms with Crippen LogP contribution in [0.25, 0.3) is 0 Å². The van der Waals surface area contributed by atoms with E-state index in [9.17, 15) is 9.90 Å². The molecule has 1 rings (SSSR count). The lowest BCUT2D eigenvalue weighted by atomic mass is 10.2. The summed E-state index contributed by atoms with van der Waals surface area (Å²) in [6, 6.07) is 5.32. The predicted octanol–water partition coefficient (Wildman–Crippen LogP) is 3.05. The molecule has 2 atom stereocenters. The van der Waals surface area contributed by atoms with Crippen LogP contribution in [0.15, 0.2) is 27.1 Å². The highest BCUT2D eigenvalue weighted by molar-refractivity contribution is 9.11. The van der Waals surface area contributed by atoms with E-state index in [1.807, 2.05) is 25.3 Å². The molecular weight excluding hydrogens is 382 g/mol. The zero-order chi connectivity index (χ0) is 13.7. The molecule has 0 heterocycles. The lowest BCUT2D eigenvalue weighted by molar-refractivity contribution is 0.0935. The zero-order valence-corrected chi connectivity index (χ0v) is 14.1. The van der Waals surface area contributed by atoms with Crippen LogP contribution in [0.5, 0.6) is 0 Å². The summed E-state index contributed by atoms with van der Waals surface area (Å²) in [6.45, 7) is 1.94. The quantitative estimate of drug-likeness (QED) is 0.804.